The van der Waals surface area contributed by atoms with Crippen LogP contribution in [-0.4, -0.2) is 25.8 Å². The first-order valence-electron chi connectivity index (χ1n) is 7.85. The lowest BCUT2D eigenvalue weighted by Gasteiger charge is -2.41. The summed E-state index contributed by atoms with van der Waals surface area (Å²) in [6, 6.07) is 3.67. The average Bonchev–Trinajstić information content (AvgIpc) is 2.78. The second-order valence-electron chi connectivity index (χ2n) is 6.58. The molecular formula is C17H29NOS. The molecule has 1 aromatic rings. The Labute approximate surface area is 127 Å². The first kappa shape index (κ1) is 16.0. The Balaban J connectivity index is 2.31. The largest absolute Gasteiger partial charge is 0.384 e. The number of hydrogen-bond donors (Lipinski definition) is 1. The van der Waals surface area contributed by atoms with E-state index >= 15 is 0 Å². The molecule has 2 atom stereocenters. The van der Waals surface area contributed by atoms with Crippen LogP contribution in [0.25, 0.3) is 0 Å². The normalized spacial score (nSPS) is 30.6. The van der Waals surface area contributed by atoms with E-state index in [2.05, 4.69) is 39.1 Å². The standard InChI is InChI=1S/C17H29NOS/c1-6-14-9-15(16(20-14)7-8-19-5)17(4)10-12(2)18-13(3)11-17/h9,12-13,18H,6-8,10-11H2,1-5H3. The van der Waals surface area contributed by atoms with Crippen molar-refractivity contribution < 1.29 is 4.74 Å². The van der Waals surface area contributed by atoms with Crippen molar-refractivity contribution in [3.8, 4) is 0 Å². The van der Waals surface area contributed by atoms with Crippen LogP contribution in [0.15, 0.2) is 6.07 Å². The molecule has 0 aromatic carbocycles. The number of rotatable bonds is 5. The van der Waals surface area contributed by atoms with E-state index in [1.807, 2.05) is 11.3 Å². The lowest BCUT2D eigenvalue weighted by molar-refractivity contribution is 0.201. The maximum atomic E-state index is 5.30. The smallest absolute Gasteiger partial charge is 0.0510 e. The minimum Gasteiger partial charge on any atom is -0.384 e. The van der Waals surface area contributed by atoms with Gasteiger partial charge in [-0.15, -0.1) is 11.3 Å². The van der Waals surface area contributed by atoms with Gasteiger partial charge in [0.05, 0.1) is 6.61 Å². The summed E-state index contributed by atoms with van der Waals surface area (Å²) in [6.45, 7) is 10.2. The number of hydrogen-bond acceptors (Lipinski definition) is 3. The van der Waals surface area contributed by atoms with Crippen LogP contribution in [0.2, 0.25) is 0 Å². The van der Waals surface area contributed by atoms with Gasteiger partial charge >= 0.3 is 0 Å². The van der Waals surface area contributed by atoms with E-state index in [0.29, 0.717) is 17.5 Å². The zero-order chi connectivity index (χ0) is 14.8. The molecule has 2 heterocycles. The molecule has 114 valence electrons. The topological polar surface area (TPSA) is 21.3 Å². The fourth-order valence-corrected chi connectivity index (χ4v) is 5.05. The molecule has 2 unspecified atom stereocenters. The van der Waals surface area contributed by atoms with Gasteiger partial charge in [0.15, 0.2) is 0 Å². The van der Waals surface area contributed by atoms with Crippen LogP contribution in [-0.2, 0) is 23.0 Å². The van der Waals surface area contributed by atoms with Crippen molar-refractivity contribution in [3.05, 3.63) is 21.4 Å². The molecule has 1 aliphatic heterocycles. The molecule has 1 N–H and O–H groups in total. The van der Waals surface area contributed by atoms with Crippen LogP contribution < -0.4 is 5.32 Å². The molecule has 20 heavy (non-hydrogen) atoms. The highest BCUT2D eigenvalue weighted by Gasteiger charge is 2.37. The number of aryl methyl sites for hydroxylation is 1. The quantitative estimate of drug-likeness (QED) is 0.889. The summed E-state index contributed by atoms with van der Waals surface area (Å²) in [5, 5.41) is 3.67. The third-order valence-electron chi connectivity index (χ3n) is 4.47. The zero-order valence-corrected chi connectivity index (χ0v) is 14.4. The van der Waals surface area contributed by atoms with Crippen molar-refractivity contribution in [1.29, 1.82) is 0 Å². The van der Waals surface area contributed by atoms with Gasteiger partial charge in [-0.05, 0) is 50.2 Å². The van der Waals surface area contributed by atoms with E-state index in [9.17, 15) is 0 Å². The lowest BCUT2D eigenvalue weighted by atomic mass is 9.70. The van der Waals surface area contributed by atoms with Crippen LogP contribution in [0.3, 0.4) is 0 Å². The third-order valence-corrected chi connectivity index (χ3v) is 5.81. The fraction of sp³-hybridized carbons (Fsp3) is 0.765. The molecule has 0 aliphatic carbocycles. The van der Waals surface area contributed by atoms with Gasteiger partial charge in [-0.1, -0.05) is 13.8 Å². The van der Waals surface area contributed by atoms with Crippen molar-refractivity contribution in [2.24, 2.45) is 0 Å². The predicted molar refractivity (Wildman–Crippen MR) is 87.9 cm³/mol. The van der Waals surface area contributed by atoms with E-state index in [0.717, 1.165) is 19.4 Å². The summed E-state index contributed by atoms with van der Waals surface area (Å²) in [6.07, 6.45) is 4.67. The highest BCUT2D eigenvalue weighted by molar-refractivity contribution is 7.12. The molecule has 3 heteroatoms. The van der Waals surface area contributed by atoms with Gasteiger partial charge in [0.1, 0.15) is 0 Å². The van der Waals surface area contributed by atoms with Crippen molar-refractivity contribution >= 4 is 11.3 Å². The molecule has 0 spiro atoms. The third kappa shape index (κ3) is 3.44. The Kier molecular flexibility index (Phi) is 5.27. The second-order valence-corrected chi connectivity index (χ2v) is 7.80. The van der Waals surface area contributed by atoms with E-state index in [1.165, 1.54) is 17.7 Å². The maximum absolute atomic E-state index is 5.30. The number of piperidine rings is 1. The summed E-state index contributed by atoms with van der Waals surface area (Å²) in [7, 11) is 1.80. The summed E-state index contributed by atoms with van der Waals surface area (Å²) in [4.78, 5) is 3.07. The summed E-state index contributed by atoms with van der Waals surface area (Å²) in [5.74, 6) is 0. The summed E-state index contributed by atoms with van der Waals surface area (Å²) < 4.78 is 5.30. The fourth-order valence-electron chi connectivity index (χ4n) is 3.81. The van der Waals surface area contributed by atoms with Crippen molar-refractivity contribution in [2.75, 3.05) is 13.7 Å². The van der Waals surface area contributed by atoms with Crippen LogP contribution in [0.1, 0.15) is 55.9 Å². The van der Waals surface area contributed by atoms with Crippen LogP contribution >= 0.6 is 11.3 Å². The lowest BCUT2D eigenvalue weighted by Crippen LogP contribution is -2.48. The van der Waals surface area contributed by atoms with E-state index in [-0.39, 0.29) is 0 Å². The monoisotopic (exact) mass is 295 g/mol. The maximum Gasteiger partial charge on any atom is 0.0510 e. The molecule has 0 saturated carbocycles. The second kappa shape index (κ2) is 6.59. The van der Waals surface area contributed by atoms with Crippen molar-refractivity contribution in [1.82, 2.24) is 5.32 Å². The predicted octanol–water partition coefficient (Wildman–Crippen LogP) is 3.92. The van der Waals surface area contributed by atoms with Crippen LogP contribution in [0.5, 0.6) is 0 Å². The molecule has 0 bridgehead atoms. The van der Waals surface area contributed by atoms with Gasteiger partial charge in [0.2, 0.25) is 0 Å². The highest BCUT2D eigenvalue weighted by Crippen LogP contribution is 2.42. The first-order valence-corrected chi connectivity index (χ1v) is 8.67. The van der Waals surface area contributed by atoms with E-state index in [1.54, 1.807) is 17.6 Å². The molecule has 1 aliphatic rings. The molecule has 2 rings (SSSR count). The molecular weight excluding hydrogens is 266 g/mol. The molecule has 1 fully saturated rings. The summed E-state index contributed by atoms with van der Waals surface area (Å²) in [5.41, 5.74) is 1.91. The Morgan fingerprint density at radius 1 is 1.35 bits per heavy atom. The van der Waals surface area contributed by atoms with E-state index < -0.39 is 0 Å². The van der Waals surface area contributed by atoms with Gasteiger partial charge < -0.3 is 10.1 Å². The van der Waals surface area contributed by atoms with Gasteiger partial charge in [-0.3, -0.25) is 0 Å². The minimum absolute atomic E-state index is 0.317. The molecule has 1 aromatic heterocycles. The highest BCUT2D eigenvalue weighted by atomic mass is 32.1. The van der Waals surface area contributed by atoms with Gasteiger partial charge in [-0.2, -0.15) is 0 Å². The van der Waals surface area contributed by atoms with Crippen LogP contribution in [0.4, 0.5) is 0 Å². The Morgan fingerprint density at radius 3 is 2.55 bits per heavy atom. The van der Waals surface area contributed by atoms with E-state index in [4.69, 9.17) is 4.74 Å². The van der Waals surface area contributed by atoms with Gasteiger partial charge in [0.25, 0.3) is 0 Å². The Hall–Kier alpha value is -0.380. The molecule has 2 nitrogen and oxygen atoms in total. The number of ether oxygens (including phenoxy) is 1. The Morgan fingerprint density at radius 2 is 2.00 bits per heavy atom. The number of methoxy groups -OCH3 is 1. The van der Waals surface area contributed by atoms with Crippen molar-refractivity contribution in [3.63, 3.8) is 0 Å². The number of nitrogens with one attached hydrogen (secondary N) is 1. The SMILES string of the molecule is CCc1cc(C2(C)CC(C)NC(C)C2)c(CCOC)s1. The van der Waals surface area contributed by atoms with Gasteiger partial charge in [-0.25, -0.2) is 0 Å². The average molecular weight is 295 g/mol. The molecule has 0 amide bonds. The first-order chi connectivity index (χ1) is 9.48. The minimum atomic E-state index is 0.317. The number of thiophene rings is 1. The van der Waals surface area contributed by atoms with Crippen molar-refractivity contribution in [2.45, 2.75) is 70.9 Å². The Bertz CT molecular complexity index is 430. The van der Waals surface area contributed by atoms with Gasteiger partial charge in [0, 0.05) is 35.4 Å². The molecule has 0 radical (unpaired) electrons. The zero-order valence-electron chi connectivity index (χ0n) is 13.6. The summed E-state index contributed by atoms with van der Waals surface area (Å²) >= 11 is 1.99. The van der Waals surface area contributed by atoms with Crippen LogP contribution in [0, 0.1) is 0 Å². The molecule has 1 saturated heterocycles.